The SMILES string of the molecule is O=[C-]OOO.[CH-]1CCCO1.[CH-]1CCCO1.[Co].[Cr+4].c1ccc2c(c1)-c1nc-2nc2[n-]c(nc3nc(nc4[n-]c(n1)c1ccccc41)-c1ccccc1-3)c1ccccc21. The van der Waals surface area contributed by atoms with E-state index in [0.717, 1.165) is 76.3 Å². The van der Waals surface area contributed by atoms with Gasteiger partial charge in [0.15, 0.2) is 0 Å². The largest absolute Gasteiger partial charge is 4.00 e. The molecule has 11 rings (SSSR count). The summed E-state index contributed by atoms with van der Waals surface area (Å²) in [5, 5.41) is 13.4. The normalized spacial score (nSPS) is 13.2. The summed E-state index contributed by atoms with van der Waals surface area (Å²) in [4.78, 5) is 51.1. The molecule has 4 aromatic carbocycles. The third kappa shape index (κ3) is 9.10. The van der Waals surface area contributed by atoms with Crippen molar-refractivity contribution in [1.29, 1.82) is 0 Å². The summed E-state index contributed by atoms with van der Waals surface area (Å²) in [7, 11) is 0. The molecule has 1 radical (unpaired) electrons. The van der Waals surface area contributed by atoms with E-state index in [2.05, 4.69) is 9.93 Å². The second-order valence-corrected chi connectivity index (χ2v) is 12.3. The van der Waals surface area contributed by atoms with Gasteiger partial charge in [0, 0.05) is 74.8 Å². The third-order valence-electron chi connectivity index (χ3n) is 8.81. The number of aromatic nitrogens is 8. The van der Waals surface area contributed by atoms with Gasteiger partial charge in [-0.1, -0.05) is 115 Å². The van der Waals surface area contributed by atoms with Crippen LogP contribution in [0, 0.1) is 13.2 Å². The number of carbonyl (C=O) groups excluding carboxylic acids is 1. The minimum Gasteiger partial charge on any atom is -0.552 e. The number of fused-ring (bicyclic) bond motifs is 20. The Morgan fingerprint density at radius 2 is 0.860 bits per heavy atom. The van der Waals surface area contributed by atoms with Crippen LogP contribution >= 0.6 is 0 Å². The summed E-state index contributed by atoms with van der Waals surface area (Å²) in [6, 6.07) is 31.8. The van der Waals surface area contributed by atoms with E-state index in [1.165, 1.54) is 12.8 Å². The molecular formula is C41H31CoCrN8O6-. The molecule has 0 spiro atoms. The van der Waals surface area contributed by atoms with Gasteiger partial charge in [0.2, 0.25) is 0 Å². The standard InChI is InChI=1S/C32H16N8.2C4H7O.CHO4.Co.Cr/c1-2-10-18-17(9-1)25-33-26(18)38-28-21-13-5-6-14-22(21)30(35-28)40-32-24-16-8-7-15-23(24)31(36-32)39-29-20-12-4-3-11-19(20)27(34-29)37-25;2*1-2-4-5-3-1;2-1-4-5-3;;/h1-16H;2*3H,1-2,4H2;3H;;/q-2;3*-1;;+4. The van der Waals surface area contributed by atoms with Gasteiger partial charge in [-0.05, 0) is 28.0 Å². The molecule has 0 atom stereocenters. The first-order valence-corrected chi connectivity index (χ1v) is 17.5. The molecule has 1 N–H and O–H groups in total. The smallest absolute Gasteiger partial charge is 0.552 e. The van der Waals surface area contributed by atoms with Crippen LogP contribution in [0.1, 0.15) is 25.7 Å². The van der Waals surface area contributed by atoms with Crippen molar-refractivity contribution in [2.45, 2.75) is 25.7 Å². The van der Waals surface area contributed by atoms with Crippen LogP contribution in [0.5, 0.6) is 0 Å². The van der Waals surface area contributed by atoms with Gasteiger partial charge in [0.05, 0.1) is 23.3 Å². The van der Waals surface area contributed by atoms with E-state index in [4.69, 9.17) is 59.4 Å². The summed E-state index contributed by atoms with van der Waals surface area (Å²) < 4.78 is 9.64. The molecule has 0 aliphatic carbocycles. The van der Waals surface area contributed by atoms with Gasteiger partial charge in [0.25, 0.3) is 0 Å². The van der Waals surface area contributed by atoms with E-state index < -0.39 is 0 Å². The quantitative estimate of drug-likeness (QED) is 0.103. The summed E-state index contributed by atoms with van der Waals surface area (Å²) >= 11 is 0. The summed E-state index contributed by atoms with van der Waals surface area (Å²) in [5.41, 5.74) is 5.78. The molecule has 3 aromatic heterocycles. The maximum Gasteiger partial charge on any atom is 4.00 e. The first kappa shape index (κ1) is 41.2. The molecule has 287 valence electrons. The van der Waals surface area contributed by atoms with Crippen molar-refractivity contribution in [3.8, 4) is 45.6 Å². The zero-order valence-electron chi connectivity index (χ0n) is 29.9. The van der Waals surface area contributed by atoms with E-state index >= 15 is 0 Å². The minimum atomic E-state index is 0. The van der Waals surface area contributed by atoms with Gasteiger partial charge < -0.3 is 49.1 Å². The van der Waals surface area contributed by atoms with Gasteiger partial charge in [0.1, 0.15) is 0 Å². The first-order chi connectivity index (χ1) is 27.2. The molecule has 2 fully saturated rings. The number of hydrogen-bond donors (Lipinski definition) is 1. The molecule has 8 bridgehead atoms. The Bertz CT molecular complexity index is 2300. The minimum absolute atomic E-state index is 0. The average molecular weight is 843 g/mol. The van der Waals surface area contributed by atoms with Crippen molar-refractivity contribution in [3.05, 3.63) is 110 Å². The Morgan fingerprint density at radius 3 is 1.07 bits per heavy atom. The van der Waals surface area contributed by atoms with Crippen LogP contribution in [0.25, 0.3) is 89.7 Å². The van der Waals surface area contributed by atoms with Crippen molar-refractivity contribution in [2.24, 2.45) is 0 Å². The zero-order chi connectivity index (χ0) is 37.4. The molecule has 0 amide bonds. The van der Waals surface area contributed by atoms with Gasteiger partial charge in [-0.2, -0.15) is 12.8 Å². The van der Waals surface area contributed by atoms with Crippen LogP contribution in [0.3, 0.4) is 0 Å². The molecule has 14 nitrogen and oxygen atoms in total. The second-order valence-electron chi connectivity index (χ2n) is 12.3. The van der Waals surface area contributed by atoms with Crippen molar-refractivity contribution >= 4 is 50.6 Å². The third-order valence-corrected chi connectivity index (χ3v) is 8.81. The summed E-state index contributed by atoms with van der Waals surface area (Å²) in [6.45, 7) is 6.41. The molecule has 0 unspecified atom stereocenters. The van der Waals surface area contributed by atoms with Crippen molar-refractivity contribution in [3.63, 3.8) is 0 Å². The fraction of sp³-hybridized carbons (Fsp3) is 0.146. The number of hydrogen-bond acceptors (Lipinski definition) is 12. The van der Waals surface area contributed by atoms with Gasteiger partial charge >= 0.3 is 17.4 Å². The Balaban J connectivity index is 0.000000274. The van der Waals surface area contributed by atoms with Crippen LogP contribution in [-0.4, -0.2) is 54.8 Å². The van der Waals surface area contributed by atoms with Crippen LogP contribution < -0.4 is 9.97 Å². The molecule has 0 saturated carbocycles. The van der Waals surface area contributed by atoms with Gasteiger partial charge in [-0.15, -0.1) is 0 Å². The number of ether oxygens (including phenoxy) is 2. The maximum atomic E-state index is 8.77. The predicted molar refractivity (Wildman–Crippen MR) is 203 cm³/mol. The average Bonchev–Trinajstić information content (AvgIpc) is 4.10. The van der Waals surface area contributed by atoms with Crippen LogP contribution in [-0.2, 0) is 58.3 Å². The predicted octanol–water partition coefficient (Wildman–Crippen LogP) is 7.51. The van der Waals surface area contributed by atoms with E-state index in [9.17, 15) is 0 Å². The van der Waals surface area contributed by atoms with Crippen molar-refractivity contribution in [2.75, 3.05) is 13.2 Å². The monoisotopic (exact) mass is 842 g/mol. The first-order valence-electron chi connectivity index (χ1n) is 17.5. The Kier molecular flexibility index (Phi) is 14.2. The van der Waals surface area contributed by atoms with E-state index in [0.29, 0.717) is 45.9 Å². The summed E-state index contributed by atoms with van der Waals surface area (Å²) in [6.07, 6.45) is 4.75. The molecule has 2 saturated heterocycles. The zero-order valence-corrected chi connectivity index (χ0v) is 32.3. The molecule has 7 aromatic rings. The summed E-state index contributed by atoms with van der Waals surface area (Å²) in [5.74, 6) is 2.21. The number of nitrogens with zero attached hydrogens (tertiary/aromatic N) is 8. The number of rotatable bonds is 2. The Hall–Kier alpha value is -5.41. The van der Waals surface area contributed by atoms with E-state index in [-0.39, 0.29) is 34.1 Å². The number of benzene rings is 4. The van der Waals surface area contributed by atoms with E-state index in [1.54, 1.807) is 0 Å². The van der Waals surface area contributed by atoms with Crippen LogP contribution in [0.4, 0.5) is 0 Å². The topological polar surface area (TPSA) is 180 Å². The Morgan fingerprint density at radius 1 is 0.544 bits per heavy atom. The second kappa shape index (κ2) is 19.6. The van der Waals surface area contributed by atoms with E-state index in [1.807, 2.05) is 110 Å². The molecular weight excluding hydrogens is 811 g/mol. The van der Waals surface area contributed by atoms with Crippen LogP contribution in [0.2, 0.25) is 0 Å². The maximum absolute atomic E-state index is 8.77. The molecule has 4 aliphatic rings. The fourth-order valence-electron chi connectivity index (χ4n) is 6.31. The Labute approximate surface area is 347 Å². The van der Waals surface area contributed by atoms with Crippen molar-refractivity contribution < 1.29 is 63.6 Å². The van der Waals surface area contributed by atoms with Crippen molar-refractivity contribution in [1.82, 2.24) is 39.9 Å². The molecule has 7 heterocycles. The fourth-order valence-corrected chi connectivity index (χ4v) is 6.31. The van der Waals surface area contributed by atoms with Crippen LogP contribution in [0.15, 0.2) is 97.1 Å². The molecule has 4 aliphatic heterocycles. The molecule has 57 heavy (non-hydrogen) atoms. The van der Waals surface area contributed by atoms with Gasteiger partial charge in [-0.3, -0.25) is 0 Å². The van der Waals surface area contributed by atoms with Gasteiger partial charge in [-0.25, -0.2) is 28.4 Å². The molecule has 16 heteroatoms.